The summed E-state index contributed by atoms with van der Waals surface area (Å²) in [6.07, 6.45) is 1.09. The first-order valence-corrected chi connectivity index (χ1v) is 7.27. The van der Waals surface area contributed by atoms with E-state index >= 15 is 0 Å². The fraction of sp³-hybridized carbons (Fsp3) is 0.571. The van der Waals surface area contributed by atoms with Gasteiger partial charge in [-0.25, -0.2) is 0 Å². The lowest BCUT2D eigenvalue weighted by molar-refractivity contribution is -0.384. The molecule has 5 heteroatoms. The normalized spacial score (nSPS) is 19.8. The molecule has 0 aliphatic carbocycles. The molecule has 1 unspecified atom stereocenters. The van der Waals surface area contributed by atoms with Crippen LogP contribution in [0.25, 0.3) is 0 Å². The second-order valence-corrected chi connectivity index (χ2v) is 7.10. The predicted molar refractivity (Wildman–Crippen MR) is 80.6 cm³/mol. The molecule has 1 aromatic carbocycles. The minimum absolute atomic E-state index is 0.184. The zero-order chi connectivity index (χ0) is 14.2. The van der Waals surface area contributed by atoms with Crippen LogP contribution in [0.4, 0.5) is 11.4 Å². The van der Waals surface area contributed by atoms with Crippen LogP contribution in [0, 0.1) is 21.4 Å². The number of hydrogen-bond donors (Lipinski definition) is 0. The Morgan fingerprint density at radius 1 is 1.42 bits per heavy atom. The molecule has 1 fully saturated rings. The number of benzene rings is 1. The summed E-state index contributed by atoms with van der Waals surface area (Å²) >= 11 is 3.29. The molecule has 0 amide bonds. The van der Waals surface area contributed by atoms with Gasteiger partial charge < -0.3 is 4.90 Å². The summed E-state index contributed by atoms with van der Waals surface area (Å²) in [6, 6.07) is 5.29. The maximum absolute atomic E-state index is 11.2. The molecule has 0 aromatic heterocycles. The lowest BCUT2D eigenvalue weighted by atomic mass is 9.80. The van der Waals surface area contributed by atoms with Crippen molar-refractivity contribution in [3.8, 4) is 0 Å². The number of rotatable bonds is 2. The van der Waals surface area contributed by atoms with Gasteiger partial charge in [0.2, 0.25) is 0 Å². The lowest BCUT2D eigenvalue weighted by Gasteiger charge is -2.27. The standard InChI is InChI=1S/C14H19BrN2O2/c1-14(2,3)10-6-7-16(9-10)12-5-4-11(15)8-13(12)17(18)19/h4-5,8,10H,6-7,9H2,1-3H3. The molecule has 0 bridgehead atoms. The van der Waals surface area contributed by atoms with Gasteiger partial charge in [0.05, 0.1) is 4.92 Å². The maximum atomic E-state index is 11.2. The minimum Gasteiger partial charge on any atom is -0.366 e. The Labute approximate surface area is 122 Å². The molecule has 1 saturated heterocycles. The third kappa shape index (κ3) is 3.08. The largest absolute Gasteiger partial charge is 0.366 e. The number of nitro benzene ring substituents is 1. The van der Waals surface area contributed by atoms with Crippen molar-refractivity contribution in [2.45, 2.75) is 27.2 Å². The number of nitro groups is 1. The van der Waals surface area contributed by atoms with Crippen LogP contribution < -0.4 is 4.90 Å². The molecule has 1 heterocycles. The van der Waals surface area contributed by atoms with Gasteiger partial charge >= 0.3 is 0 Å². The Morgan fingerprint density at radius 3 is 2.63 bits per heavy atom. The van der Waals surface area contributed by atoms with Crippen molar-refractivity contribution < 1.29 is 4.92 Å². The fourth-order valence-corrected chi connectivity index (χ4v) is 2.95. The monoisotopic (exact) mass is 326 g/mol. The van der Waals surface area contributed by atoms with Crippen molar-refractivity contribution in [3.05, 3.63) is 32.8 Å². The quantitative estimate of drug-likeness (QED) is 0.603. The van der Waals surface area contributed by atoms with E-state index in [-0.39, 0.29) is 16.0 Å². The Kier molecular flexibility index (Phi) is 3.85. The summed E-state index contributed by atoms with van der Waals surface area (Å²) in [6.45, 7) is 8.49. The van der Waals surface area contributed by atoms with Gasteiger partial charge in [0.25, 0.3) is 5.69 Å². The Bertz CT molecular complexity index is 497. The van der Waals surface area contributed by atoms with Crippen molar-refractivity contribution in [2.24, 2.45) is 11.3 Å². The van der Waals surface area contributed by atoms with Gasteiger partial charge in [-0.1, -0.05) is 36.7 Å². The first kappa shape index (κ1) is 14.3. The average molecular weight is 327 g/mol. The highest BCUT2D eigenvalue weighted by Gasteiger charge is 2.34. The molecule has 0 N–H and O–H groups in total. The number of hydrogen-bond acceptors (Lipinski definition) is 3. The Hall–Kier alpha value is -1.10. The highest BCUT2D eigenvalue weighted by atomic mass is 79.9. The van der Waals surface area contributed by atoms with Gasteiger partial charge in [0.15, 0.2) is 0 Å². The van der Waals surface area contributed by atoms with E-state index in [1.807, 2.05) is 12.1 Å². The van der Waals surface area contributed by atoms with Gasteiger partial charge in [-0.2, -0.15) is 0 Å². The van der Waals surface area contributed by atoms with Crippen LogP contribution in [0.3, 0.4) is 0 Å². The van der Waals surface area contributed by atoms with E-state index in [4.69, 9.17) is 0 Å². The van der Waals surface area contributed by atoms with Gasteiger partial charge in [-0.05, 0) is 29.9 Å². The van der Waals surface area contributed by atoms with Gasteiger partial charge in [-0.3, -0.25) is 10.1 Å². The topological polar surface area (TPSA) is 46.4 Å². The third-order valence-corrected chi connectivity index (χ3v) is 4.38. The molecule has 1 atom stereocenters. The molecule has 19 heavy (non-hydrogen) atoms. The molecule has 2 rings (SSSR count). The predicted octanol–water partition coefficient (Wildman–Crippen LogP) is 4.23. The van der Waals surface area contributed by atoms with E-state index in [9.17, 15) is 10.1 Å². The molecule has 0 spiro atoms. The van der Waals surface area contributed by atoms with Crippen LogP contribution in [0.1, 0.15) is 27.2 Å². The third-order valence-electron chi connectivity index (χ3n) is 3.89. The van der Waals surface area contributed by atoms with E-state index in [1.54, 1.807) is 6.07 Å². The highest BCUT2D eigenvalue weighted by Crippen LogP contribution is 2.39. The zero-order valence-corrected chi connectivity index (χ0v) is 13.1. The zero-order valence-electron chi connectivity index (χ0n) is 11.5. The van der Waals surface area contributed by atoms with Gasteiger partial charge in [0.1, 0.15) is 5.69 Å². The van der Waals surface area contributed by atoms with E-state index < -0.39 is 0 Å². The molecule has 0 radical (unpaired) electrons. The maximum Gasteiger partial charge on any atom is 0.293 e. The highest BCUT2D eigenvalue weighted by molar-refractivity contribution is 9.10. The summed E-state index contributed by atoms with van der Waals surface area (Å²) in [7, 11) is 0. The van der Waals surface area contributed by atoms with Crippen LogP contribution >= 0.6 is 15.9 Å². The van der Waals surface area contributed by atoms with Crippen LogP contribution in [0.2, 0.25) is 0 Å². The minimum atomic E-state index is -0.301. The van der Waals surface area contributed by atoms with Crippen molar-refractivity contribution >= 4 is 27.3 Å². The molecule has 4 nitrogen and oxygen atoms in total. The first-order valence-electron chi connectivity index (χ1n) is 6.48. The second-order valence-electron chi connectivity index (χ2n) is 6.19. The molecular formula is C14H19BrN2O2. The van der Waals surface area contributed by atoms with Crippen LogP contribution in [-0.4, -0.2) is 18.0 Å². The van der Waals surface area contributed by atoms with Crippen molar-refractivity contribution in [1.82, 2.24) is 0 Å². The summed E-state index contributed by atoms with van der Waals surface area (Å²) in [4.78, 5) is 13.0. The smallest absolute Gasteiger partial charge is 0.293 e. The van der Waals surface area contributed by atoms with Gasteiger partial charge in [0, 0.05) is 23.6 Å². The van der Waals surface area contributed by atoms with Gasteiger partial charge in [-0.15, -0.1) is 0 Å². The summed E-state index contributed by atoms with van der Waals surface area (Å²) < 4.78 is 0.745. The SMILES string of the molecule is CC(C)(C)C1CCN(c2ccc(Br)cc2[N+](=O)[O-])C1. The number of anilines is 1. The van der Waals surface area contributed by atoms with Crippen LogP contribution in [-0.2, 0) is 0 Å². The average Bonchev–Trinajstić information content (AvgIpc) is 2.77. The van der Waals surface area contributed by atoms with Crippen LogP contribution in [0.5, 0.6) is 0 Å². The van der Waals surface area contributed by atoms with Crippen molar-refractivity contribution in [1.29, 1.82) is 0 Å². The fourth-order valence-electron chi connectivity index (χ4n) is 2.60. The molecular weight excluding hydrogens is 308 g/mol. The molecule has 1 aromatic rings. The Morgan fingerprint density at radius 2 is 2.11 bits per heavy atom. The summed E-state index contributed by atoms with van der Waals surface area (Å²) in [5.74, 6) is 0.579. The molecule has 1 aliphatic rings. The lowest BCUT2D eigenvalue weighted by Crippen LogP contribution is -2.26. The molecule has 0 saturated carbocycles. The van der Waals surface area contributed by atoms with Crippen molar-refractivity contribution in [2.75, 3.05) is 18.0 Å². The van der Waals surface area contributed by atoms with E-state index in [0.29, 0.717) is 5.92 Å². The second kappa shape index (κ2) is 5.12. The summed E-state index contributed by atoms with van der Waals surface area (Å²) in [5.41, 5.74) is 1.17. The number of nitrogens with zero attached hydrogens (tertiary/aromatic N) is 2. The molecule has 104 valence electrons. The first-order chi connectivity index (χ1) is 8.79. The van der Waals surface area contributed by atoms with E-state index in [2.05, 4.69) is 41.6 Å². The molecule has 1 aliphatic heterocycles. The van der Waals surface area contributed by atoms with E-state index in [0.717, 1.165) is 29.7 Å². The van der Waals surface area contributed by atoms with Crippen molar-refractivity contribution in [3.63, 3.8) is 0 Å². The number of halogens is 1. The van der Waals surface area contributed by atoms with Crippen LogP contribution in [0.15, 0.2) is 22.7 Å². The summed E-state index contributed by atoms with van der Waals surface area (Å²) in [5, 5.41) is 11.2. The van der Waals surface area contributed by atoms with E-state index in [1.165, 1.54) is 0 Å². The Balaban J connectivity index is 2.27.